The summed E-state index contributed by atoms with van der Waals surface area (Å²) >= 11 is 0. The van der Waals surface area contributed by atoms with Crippen LogP contribution < -0.4 is 4.52 Å². The highest BCUT2D eigenvalue weighted by molar-refractivity contribution is 7.29. The van der Waals surface area contributed by atoms with Crippen molar-refractivity contribution in [3.63, 3.8) is 0 Å². The number of likely N-dealkylation sites (N-methyl/N-ethyl adjacent to an activating group) is 1. The summed E-state index contributed by atoms with van der Waals surface area (Å²) in [6.07, 6.45) is 14.0. The summed E-state index contributed by atoms with van der Waals surface area (Å²) in [5.41, 5.74) is 1.35. The molecule has 0 radical (unpaired) electrons. The standard InChI is InChI=1S/C25H35N2O2P/c1-7-11-13-16-22(9-3)25(5,24(10-4)26-19-8-2)28-21-20-27(6)30-29-23-17-14-12-15-18-23/h7-15,17-19,30H,1-2,16,20-21H2,3-6H3/b13-11?,22-9+,24-10-,26-19?. The Bertz CT molecular complexity index is 769. The topological polar surface area (TPSA) is 34.1 Å². The molecule has 0 aromatic heterocycles. The molecule has 0 heterocycles. The van der Waals surface area contributed by atoms with E-state index >= 15 is 0 Å². The summed E-state index contributed by atoms with van der Waals surface area (Å²) in [6, 6.07) is 9.83. The maximum Gasteiger partial charge on any atom is 0.149 e. The van der Waals surface area contributed by atoms with Crippen molar-refractivity contribution in [2.75, 3.05) is 20.2 Å². The van der Waals surface area contributed by atoms with E-state index < -0.39 is 5.60 Å². The minimum absolute atomic E-state index is 0.226. The van der Waals surface area contributed by atoms with Crippen molar-refractivity contribution in [3.8, 4) is 5.75 Å². The van der Waals surface area contributed by atoms with E-state index in [-0.39, 0.29) is 8.96 Å². The number of rotatable bonds is 14. The van der Waals surface area contributed by atoms with Gasteiger partial charge in [-0.1, -0.05) is 67.8 Å². The van der Waals surface area contributed by atoms with E-state index in [1.807, 2.05) is 63.4 Å². The molecule has 0 saturated carbocycles. The van der Waals surface area contributed by atoms with E-state index in [2.05, 4.69) is 41.9 Å². The highest BCUT2D eigenvalue weighted by Gasteiger charge is 2.33. The van der Waals surface area contributed by atoms with Crippen LogP contribution in [0.15, 0.2) is 96.2 Å². The van der Waals surface area contributed by atoms with E-state index in [0.29, 0.717) is 6.61 Å². The molecule has 0 aliphatic rings. The lowest BCUT2D eigenvalue weighted by Gasteiger charge is -2.33. The average molecular weight is 427 g/mol. The Labute approximate surface area is 184 Å². The smallest absolute Gasteiger partial charge is 0.149 e. The second-order valence-electron chi connectivity index (χ2n) is 6.68. The zero-order valence-electron chi connectivity index (χ0n) is 18.7. The molecule has 0 aliphatic heterocycles. The normalized spacial score (nSPS) is 15.4. The average Bonchev–Trinajstić information content (AvgIpc) is 2.76. The molecule has 5 heteroatoms. The molecule has 1 rings (SSSR count). The molecule has 1 aromatic carbocycles. The van der Waals surface area contributed by atoms with Crippen molar-refractivity contribution in [2.24, 2.45) is 4.99 Å². The monoisotopic (exact) mass is 426 g/mol. The van der Waals surface area contributed by atoms with Crippen LogP contribution in [-0.2, 0) is 4.74 Å². The molecule has 2 atom stereocenters. The fraction of sp³-hybridized carbons (Fsp3) is 0.320. The molecule has 0 fully saturated rings. The number of allylic oxidation sites excluding steroid dienone is 6. The van der Waals surface area contributed by atoms with Gasteiger partial charge in [-0.05, 0) is 51.9 Å². The molecule has 1 aromatic rings. The summed E-state index contributed by atoms with van der Waals surface area (Å²) in [6.45, 7) is 14.8. The Morgan fingerprint density at radius 2 is 1.90 bits per heavy atom. The van der Waals surface area contributed by atoms with Crippen LogP contribution in [0.4, 0.5) is 0 Å². The predicted molar refractivity (Wildman–Crippen MR) is 133 cm³/mol. The molecule has 0 amide bonds. The van der Waals surface area contributed by atoms with Gasteiger partial charge in [0.25, 0.3) is 0 Å². The van der Waals surface area contributed by atoms with Crippen molar-refractivity contribution in [2.45, 2.75) is 32.8 Å². The van der Waals surface area contributed by atoms with E-state index in [1.54, 1.807) is 18.4 Å². The lowest BCUT2D eigenvalue weighted by Crippen LogP contribution is -2.35. The minimum atomic E-state index is -0.640. The lowest BCUT2D eigenvalue weighted by atomic mass is 9.88. The summed E-state index contributed by atoms with van der Waals surface area (Å²) < 4.78 is 14.4. The molecule has 0 N–H and O–H groups in total. The van der Waals surface area contributed by atoms with Gasteiger partial charge in [0.2, 0.25) is 0 Å². The number of para-hydroxylation sites is 1. The molecule has 2 unspecified atom stereocenters. The number of benzene rings is 1. The van der Waals surface area contributed by atoms with Crippen LogP contribution in [0.5, 0.6) is 5.75 Å². The molecule has 0 aliphatic carbocycles. The van der Waals surface area contributed by atoms with Crippen molar-refractivity contribution in [1.29, 1.82) is 0 Å². The zero-order chi connectivity index (χ0) is 22.2. The number of ether oxygens (including phenoxy) is 1. The van der Waals surface area contributed by atoms with Crippen LogP contribution in [-0.4, -0.2) is 36.7 Å². The van der Waals surface area contributed by atoms with Crippen LogP contribution in [0.2, 0.25) is 0 Å². The van der Waals surface area contributed by atoms with E-state index in [1.165, 1.54) is 0 Å². The molecule has 30 heavy (non-hydrogen) atoms. The summed E-state index contributed by atoms with van der Waals surface area (Å²) in [7, 11) is 2.25. The zero-order valence-corrected chi connectivity index (χ0v) is 19.7. The highest BCUT2D eigenvalue weighted by Crippen LogP contribution is 2.33. The first-order valence-corrected chi connectivity index (χ1v) is 10.9. The second-order valence-corrected chi connectivity index (χ2v) is 7.83. The number of nitrogens with zero attached hydrogens (tertiary/aromatic N) is 2. The summed E-state index contributed by atoms with van der Waals surface area (Å²) in [5, 5.41) is 0. The Balaban J connectivity index is 2.83. The highest BCUT2D eigenvalue weighted by atomic mass is 31.1. The molecular formula is C25H35N2O2P. The van der Waals surface area contributed by atoms with E-state index in [4.69, 9.17) is 9.26 Å². The fourth-order valence-electron chi connectivity index (χ4n) is 2.87. The van der Waals surface area contributed by atoms with Crippen molar-refractivity contribution in [1.82, 2.24) is 4.67 Å². The molecule has 4 nitrogen and oxygen atoms in total. The van der Waals surface area contributed by atoms with Crippen LogP contribution in [0.25, 0.3) is 0 Å². The number of hydrogen-bond donors (Lipinski definition) is 0. The van der Waals surface area contributed by atoms with E-state index in [0.717, 1.165) is 30.0 Å². The quantitative estimate of drug-likeness (QED) is 0.147. The van der Waals surface area contributed by atoms with Gasteiger partial charge in [-0.3, -0.25) is 9.66 Å². The Morgan fingerprint density at radius 3 is 2.50 bits per heavy atom. The third-order valence-electron chi connectivity index (χ3n) is 4.53. The van der Waals surface area contributed by atoms with Gasteiger partial charge in [0, 0.05) is 12.8 Å². The van der Waals surface area contributed by atoms with Gasteiger partial charge >= 0.3 is 0 Å². The van der Waals surface area contributed by atoms with Gasteiger partial charge in [-0.2, -0.15) is 0 Å². The molecule has 0 saturated heterocycles. The predicted octanol–water partition coefficient (Wildman–Crippen LogP) is 6.52. The SMILES string of the molecule is C=CC=CC/C(=C\C)C(C)(OCCN(C)POc1ccccc1)/C(=C/C)N=CC=C. The maximum atomic E-state index is 6.45. The first-order chi connectivity index (χ1) is 14.5. The van der Waals surface area contributed by atoms with Crippen LogP contribution in [0, 0.1) is 0 Å². The summed E-state index contributed by atoms with van der Waals surface area (Å²) in [4.78, 5) is 4.58. The molecule has 162 valence electrons. The van der Waals surface area contributed by atoms with Gasteiger partial charge in [0.05, 0.1) is 12.3 Å². The van der Waals surface area contributed by atoms with Crippen LogP contribution in [0.3, 0.4) is 0 Å². The second kappa shape index (κ2) is 14.7. The lowest BCUT2D eigenvalue weighted by molar-refractivity contribution is 0.0185. The minimum Gasteiger partial charge on any atom is -0.461 e. The van der Waals surface area contributed by atoms with Gasteiger partial charge in [-0.25, -0.2) is 0 Å². The summed E-state index contributed by atoms with van der Waals surface area (Å²) in [5.74, 6) is 0.869. The third kappa shape index (κ3) is 8.62. The Morgan fingerprint density at radius 1 is 1.17 bits per heavy atom. The van der Waals surface area contributed by atoms with Crippen molar-refractivity contribution in [3.05, 3.63) is 91.2 Å². The van der Waals surface area contributed by atoms with Gasteiger partial charge in [0.1, 0.15) is 20.3 Å². The Kier molecular flexibility index (Phi) is 12.6. The molecular weight excluding hydrogens is 391 g/mol. The molecule has 0 spiro atoms. The van der Waals surface area contributed by atoms with Crippen molar-refractivity contribution < 1.29 is 9.26 Å². The van der Waals surface area contributed by atoms with E-state index in [9.17, 15) is 0 Å². The number of hydrogen-bond acceptors (Lipinski definition) is 4. The fourth-order valence-corrected chi connectivity index (χ4v) is 3.45. The maximum absolute atomic E-state index is 6.45. The van der Waals surface area contributed by atoms with Crippen LogP contribution in [0.1, 0.15) is 27.2 Å². The number of aliphatic imine (C=N–C) groups is 1. The third-order valence-corrected chi connectivity index (χ3v) is 5.39. The van der Waals surface area contributed by atoms with Gasteiger partial charge < -0.3 is 9.26 Å². The van der Waals surface area contributed by atoms with Crippen molar-refractivity contribution >= 4 is 15.2 Å². The Hall–Kier alpha value is -2.26. The van der Waals surface area contributed by atoms with Crippen LogP contribution >= 0.6 is 8.96 Å². The molecule has 0 bridgehead atoms. The first-order valence-electron chi connectivity index (χ1n) is 10.1. The largest absolute Gasteiger partial charge is 0.461 e. The van der Waals surface area contributed by atoms with Gasteiger partial charge in [-0.15, -0.1) is 0 Å². The van der Waals surface area contributed by atoms with Gasteiger partial charge in [0.15, 0.2) is 0 Å². The first kappa shape index (κ1) is 25.8.